The Morgan fingerprint density at radius 3 is 2.84 bits per heavy atom. The molecule has 0 saturated carbocycles. The number of ether oxygens (including phenoxy) is 4. The van der Waals surface area contributed by atoms with Gasteiger partial charge in [-0.25, -0.2) is 4.79 Å². The van der Waals surface area contributed by atoms with Gasteiger partial charge in [0.05, 0.1) is 13.7 Å². The molecule has 6 nitrogen and oxygen atoms in total. The molecule has 1 aromatic carbocycles. The predicted octanol–water partition coefficient (Wildman–Crippen LogP) is 1.06. The SMILES string of the molecule is CCOC(=O)C(O)c1cc(OC)cc2c1OCCO2. The molecule has 1 aliphatic rings. The van der Waals surface area contributed by atoms with Crippen LogP contribution in [0.25, 0.3) is 0 Å². The number of aliphatic hydroxyl groups is 1. The summed E-state index contributed by atoms with van der Waals surface area (Å²) in [6.07, 6.45) is -1.43. The van der Waals surface area contributed by atoms with E-state index in [1.54, 1.807) is 13.0 Å². The van der Waals surface area contributed by atoms with Gasteiger partial charge in [0.15, 0.2) is 17.6 Å². The van der Waals surface area contributed by atoms with E-state index in [-0.39, 0.29) is 12.2 Å². The highest BCUT2D eigenvalue weighted by Crippen LogP contribution is 2.40. The van der Waals surface area contributed by atoms with Crippen LogP contribution in [-0.2, 0) is 9.53 Å². The second-order valence-corrected chi connectivity index (χ2v) is 3.90. The first kappa shape index (κ1) is 13.5. The minimum Gasteiger partial charge on any atom is -0.497 e. The van der Waals surface area contributed by atoms with Gasteiger partial charge in [-0.15, -0.1) is 0 Å². The highest BCUT2D eigenvalue weighted by Gasteiger charge is 2.28. The number of fused-ring (bicyclic) bond motifs is 1. The summed E-state index contributed by atoms with van der Waals surface area (Å²) in [7, 11) is 1.49. The van der Waals surface area contributed by atoms with Crippen molar-refractivity contribution in [2.24, 2.45) is 0 Å². The summed E-state index contributed by atoms with van der Waals surface area (Å²) in [5.74, 6) is 0.547. The molecule has 0 saturated heterocycles. The Bertz CT molecular complexity index is 470. The molecule has 1 atom stereocenters. The minimum absolute atomic E-state index is 0.194. The number of methoxy groups -OCH3 is 1. The van der Waals surface area contributed by atoms with Gasteiger partial charge in [-0.3, -0.25) is 0 Å². The lowest BCUT2D eigenvalue weighted by atomic mass is 10.1. The van der Waals surface area contributed by atoms with E-state index in [1.165, 1.54) is 13.2 Å². The second-order valence-electron chi connectivity index (χ2n) is 3.90. The number of carbonyl (C=O) groups excluding carboxylic acids is 1. The van der Waals surface area contributed by atoms with Crippen LogP contribution < -0.4 is 14.2 Å². The molecule has 6 heteroatoms. The van der Waals surface area contributed by atoms with E-state index in [0.29, 0.717) is 30.5 Å². The Hall–Kier alpha value is -1.95. The molecule has 0 radical (unpaired) electrons. The van der Waals surface area contributed by atoms with Crippen molar-refractivity contribution in [3.05, 3.63) is 17.7 Å². The van der Waals surface area contributed by atoms with Gasteiger partial charge in [0.25, 0.3) is 0 Å². The lowest BCUT2D eigenvalue weighted by molar-refractivity contribution is -0.153. The molecule has 0 aromatic heterocycles. The number of carbonyl (C=O) groups is 1. The zero-order valence-corrected chi connectivity index (χ0v) is 10.8. The highest BCUT2D eigenvalue weighted by atomic mass is 16.6. The van der Waals surface area contributed by atoms with Crippen LogP contribution in [0, 0.1) is 0 Å². The molecule has 1 aromatic rings. The molecule has 2 rings (SSSR count). The average molecular weight is 268 g/mol. The van der Waals surface area contributed by atoms with Crippen molar-refractivity contribution in [1.82, 2.24) is 0 Å². The largest absolute Gasteiger partial charge is 0.497 e. The first-order valence-corrected chi connectivity index (χ1v) is 5.99. The van der Waals surface area contributed by atoms with Crippen molar-refractivity contribution in [3.8, 4) is 17.2 Å². The topological polar surface area (TPSA) is 74.2 Å². The van der Waals surface area contributed by atoms with Gasteiger partial charge in [-0.05, 0) is 13.0 Å². The van der Waals surface area contributed by atoms with Crippen molar-refractivity contribution < 1.29 is 28.8 Å². The molecule has 0 fully saturated rings. The highest BCUT2D eigenvalue weighted by molar-refractivity contribution is 5.78. The minimum atomic E-state index is -1.43. The van der Waals surface area contributed by atoms with E-state index < -0.39 is 12.1 Å². The van der Waals surface area contributed by atoms with Crippen molar-refractivity contribution in [2.45, 2.75) is 13.0 Å². The van der Waals surface area contributed by atoms with Gasteiger partial charge >= 0.3 is 5.97 Å². The van der Waals surface area contributed by atoms with Crippen LogP contribution in [0.1, 0.15) is 18.6 Å². The van der Waals surface area contributed by atoms with Crippen molar-refractivity contribution in [1.29, 1.82) is 0 Å². The van der Waals surface area contributed by atoms with Crippen LogP contribution in [0.5, 0.6) is 17.2 Å². The molecule has 0 aliphatic carbocycles. The molecule has 19 heavy (non-hydrogen) atoms. The van der Waals surface area contributed by atoms with Crippen molar-refractivity contribution in [3.63, 3.8) is 0 Å². The van der Waals surface area contributed by atoms with Crippen LogP contribution in [0.2, 0.25) is 0 Å². The standard InChI is InChI=1S/C13H16O6/c1-3-17-13(15)11(14)9-6-8(16-2)7-10-12(9)19-5-4-18-10/h6-7,11,14H,3-5H2,1-2H3. The Balaban J connectivity index is 2.39. The average Bonchev–Trinajstić information content (AvgIpc) is 2.45. The molecule has 1 aliphatic heterocycles. The summed E-state index contributed by atoms with van der Waals surface area (Å²) < 4.78 is 20.8. The van der Waals surface area contributed by atoms with Gasteiger partial charge < -0.3 is 24.1 Å². The van der Waals surface area contributed by atoms with Crippen LogP contribution in [0.3, 0.4) is 0 Å². The van der Waals surface area contributed by atoms with Crippen LogP contribution in [0.4, 0.5) is 0 Å². The van der Waals surface area contributed by atoms with E-state index in [0.717, 1.165) is 0 Å². The smallest absolute Gasteiger partial charge is 0.339 e. The number of hydrogen-bond donors (Lipinski definition) is 1. The lowest BCUT2D eigenvalue weighted by Crippen LogP contribution is -2.21. The number of benzene rings is 1. The fraction of sp³-hybridized carbons (Fsp3) is 0.462. The maximum absolute atomic E-state index is 11.6. The number of hydrogen-bond acceptors (Lipinski definition) is 6. The molecule has 1 N–H and O–H groups in total. The Labute approximate surface area is 110 Å². The van der Waals surface area contributed by atoms with E-state index in [4.69, 9.17) is 18.9 Å². The summed E-state index contributed by atoms with van der Waals surface area (Å²) in [4.78, 5) is 11.6. The van der Waals surface area contributed by atoms with Crippen molar-refractivity contribution >= 4 is 5.97 Å². The van der Waals surface area contributed by atoms with Gasteiger partial charge in [-0.1, -0.05) is 0 Å². The van der Waals surface area contributed by atoms with E-state index in [1.807, 2.05) is 0 Å². The fourth-order valence-electron chi connectivity index (χ4n) is 1.82. The molecule has 0 amide bonds. The zero-order valence-electron chi connectivity index (χ0n) is 10.8. The molecular weight excluding hydrogens is 252 g/mol. The summed E-state index contributed by atoms with van der Waals surface area (Å²) in [5, 5.41) is 10.0. The summed E-state index contributed by atoms with van der Waals surface area (Å²) in [6, 6.07) is 3.19. The number of esters is 1. The summed E-state index contributed by atoms with van der Waals surface area (Å²) in [5.41, 5.74) is 0.285. The summed E-state index contributed by atoms with van der Waals surface area (Å²) in [6.45, 7) is 2.64. The molecule has 104 valence electrons. The van der Waals surface area contributed by atoms with Gasteiger partial charge in [-0.2, -0.15) is 0 Å². The monoisotopic (exact) mass is 268 g/mol. The molecule has 1 unspecified atom stereocenters. The van der Waals surface area contributed by atoms with Crippen LogP contribution >= 0.6 is 0 Å². The third kappa shape index (κ3) is 2.73. The Kier molecular flexibility index (Phi) is 4.11. The van der Waals surface area contributed by atoms with Crippen LogP contribution in [0.15, 0.2) is 12.1 Å². The Morgan fingerprint density at radius 1 is 1.42 bits per heavy atom. The van der Waals surface area contributed by atoms with Gasteiger partial charge in [0, 0.05) is 11.6 Å². The van der Waals surface area contributed by atoms with E-state index in [9.17, 15) is 9.90 Å². The first-order chi connectivity index (χ1) is 9.17. The number of rotatable bonds is 4. The summed E-state index contributed by atoms with van der Waals surface area (Å²) >= 11 is 0. The lowest BCUT2D eigenvalue weighted by Gasteiger charge is -2.23. The van der Waals surface area contributed by atoms with E-state index >= 15 is 0 Å². The predicted molar refractivity (Wildman–Crippen MR) is 65.6 cm³/mol. The third-order valence-corrected chi connectivity index (χ3v) is 2.68. The quantitative estimate of drug-likeness (QED) is 0.823. The fourth-order valence-corrected chi connectivity index (χ4v) is 1.82. The van der Waals surface area contributed by atoms with Crippen molar-refractivity contribution in [2.75, 3.05) is 26.9 Å². The van der Waals surface area contributed by atoms with Gasteiger partial charge in [0.2, 0.25) is 0 Å². The second kappa shape index (κ2) is 5.79. The van der Waals surface area contributed by atoms with E-state index in [2.05, 4.69) is 0 Å². The number of aliphatic hydroxyl groups excluding tert-OH is 1. The zero-order chi connectivity index (χ0) is 13.8. The van der Waals surface area contributed by atoms with Crippen LogP contribution in [-0.4, -0.2) is 38.0 Å². The maximum Gasteiger partial charge on any atom is 0.339 e. The molecule has 0 bridgehead atoms. The first-order valence-electron chi connectivity index (χ1n) is 5.99. The third-order valence-electron chi connectivity index (χ3n) is 2.68. The maximum atomic E-state index is 11.6. The normalized spacial score (nSPS) is 14.7. The van der Waals surface area contributed by atoms with Gasteiger partial charge in [0.1, 0.15) is 19.0 Å². The molecule has 0 spiro atoms. The molecular formula is C13H16O6. The Morgan fingerprint density at radius 2 is 2.16 bits per heavy atom. The molecule has 1 heterocycles.